The van der Waals surface area contributed by atoms with Crippen LogP contribution >= 0.6 is 0 Å². The molecule has 6 heteroatoms. The van der Waals surface area contributed by atoms with Crippen molar-refractivity contribution in [1.82, 2.24) is 10.3 Å². The summed E-state index contributed by atoms with van der Waals surface area (Å²) in [4.78, 5) is 3.93. The van der Waals surface area contributed by atoms with E-state index in [1.807, 2.05) is 6.92 Å². The van der Waals surface area contributed by atoms with Gasteiger partial charge >= 0.3 is 6.18 Å². The van der Waals surface area contributed by atoms with Gasteiger partial charge in [-0.1, -0.05) is 6.92 Å². The number of pyridine rings is 1. The fourth-order valence-electron chi connectivity index (χ4n) is 1.86. The molecule has 0 fully saturated rings. The molecule has 0 saturated carbocycles. The molecular weight excluding hydrogens is 269 g/mol. The number of nitrogens with one attached hydrogen (secondary N) is 1. The molecule has 0 bridgehead atoms. The van der Waals surface area contributed by atoms with Crippen LogP contribution in [0.3, 0.4) is 0 Å². The molecule has 0 radical (unpaired) electrons. The van der Waals surface area contributed by atoms with Crippen LogP contribution in [-0.4, -0.2) is 11.5 Å². The number of hydrogen-bond donors (Lipinski definition) is 1. The van der Waals surface area contributed by atoms with Crippen molar-refractivity contribution < 1.29 is 17.6 Å². The molecule has 2 aromatic rings. The van der Waals surface area contributed by atoms with Gasteiger partial charge in [0.15, 0.2) is 0 Å². The van der Waals surface area contributed by atoms with Gasteiger partial charge in [-0.05, 0) is 31.2 Å². The van der Waals surface area contributed by atoms with E-state index in [2.05, 4.69) is 10.3 Å². The Hall–Kier alpha value is -1.82. The van der Waals surface area contributed by atoms with Crippen LogP contribution in [0.5, 0.6) is 0 Å². The van der Waals surface area contributed by atoms with Crippen molar-refractivity contribution in [3.05, 3.63) is 53.7 Å². The SMILES string of the molecule is CCCNC(c1ccoc1)c1ccc(C(F)(F)F)cn1. The number of aromatic nitrogens is 1. The minimum atomic E-state index is -4.37. The van der Waals surface area contributed by atoms with Gasteiger partial charge in [-0.3, -0.25) is 4.98 Å². The second-order valence-electron chi connectivity index (χ2n) is 4.41. The summed E-state index contributed by atoms with van der Waals surface area (Å²) in [5.74, 6) is 0. The molecule has 3 nitrogen and oxygen atoms in total. The summed E-state index contributed by atoms with van der Waals surface area (Å²) >= 11 is 0. The van der Waals surface area contributed by atoms with E-state index in [1.165, 1.54) is 12.3 Å². The smallest absolute Gasteiger partial charge is 0.417 e. The van der Waals surface area contributed by atoms with Crippen LogP contribution in [0.2, 0.25) is 0 Å². The van der Waals surface area contributed by atoms with E-state index in [4.69, 9.17) is 4.42 Å². The Morgan fingerprint density at radius 2 is 2.10 bits per heavy atom. The first-order valence-electron chi connectivity index (χ1n) is 6.31. The van der Waals surface area contributed by atoms with E-state index in [0.29, 0.717) is 5.69 Å². The Labute approximate surface area is 114 Å². The third kappa shape index (κ3) is 3.39. The average Bonchev–Trinajstić information content (AvgIpc) is 2.93. The topological polar surface area (TPSA) is 38.1 Å². The van der Waals surface area contributed by atoms with Crippen LogP contribution < -0.4 is 5.32 Å². The van der Waals surface area contributed by atoms with Gasteiger partial charge in [0, 0.05) is 11.8 Å². The van der Waals surface area contributed by atoms with Crippen molar-refractivity contribution >= 4 is 0 Å². The molecule has 2 rings (SSSR count). The van der Waals surface area contributed by atoms with Gasteiger partial charge in [0.2, 0.25) is 0 Å². The second kappa shape index (κ2) is 6.09. The lowest BCUT2D eigenvalue weighted by Crippen LogP contribution is -2.24. The lowest BCUT2D eigenvalue weighted by atomic mass is 10.1. The highest BCUT2D eigenvalue weighted by molar-refractivity contribution is 5.26. The Kier molecular flexibility index (Phi) is 4.44. The van der Waals surface area contributed by atoms with Gasteiger partial charge in [0.05, 0.1) is 29.8 Å². The lowest BCUT2D eigenvalue weighted by molar-refractivity contribution is -0.137. The first-order chi connectivity index (χ1) is 9.52. The molecule has 2 aromatic heterocycles. The molecule has 0 aliphatic carbocycles. The van der Waals surface area contributed by atoms with Crippen LogP contribution in [0, 0.1) is 0 Å². The summed E-state index contributed by atoms with van der Waals surface area (Å²) in [6.07, 6.45) is 0.491. The van der Waals surface area contributed by atoms with Crippen LogP contribution in [-0.2, 0) is 6.18 Å². The summed E-state index contributed by atoms with van der Waals surface area (Å²) in [7, 11) is 0. The normalized spacial score (nSPS) is 13.4. The van der Waals surface area contributed by atoms with E-state index in [0.717, 1.165) is 30.8 Å². The minimum absolute atomic E-state index is 0.268. The third-order valence-corrected chi connectivity index (χ3v) is 2.88. The van der Waals surface area contributed by atoms with Gasteiger partial charge in [-0.25, -0.2) is 0 Å². The predicted molar refractivity (Wildman–Crippen MR) is 68.1 cm³/mol. The average molecular weight is 284 g/mol. The van der Waals surface area contributed by atoms with Crippen LogP contribution in [0.4, 0.5) is 13.2 Å². The van der Waals surface area contributed by atoms with Crippen LogP contribution in [0.25, 0.3) is 0 Å². The van der Waals surface area contributed by atoms with Crippen molar-refractivity contribution in [2.24, 2.45) is 0 Å². The van der Waals surface area contributed by atoms with Gasteiger partial charge in [0.1, 0.15) is 0 Å². The van der Waals surface area contributed by atoms with Gasteiger partial charge < -0.3 is 9.73 Å². The van der Waals surface area contributed by atoms with E-state index >= 15 is 0 Å². The van der Waals surface area contributed by atoms with Crippen molar-refractivity contribution in [2.75, 3.05) is 6.54 Å². The highest BCUT2D eigenvalue weighted by Gasteiger charge is 2.31. The number of alkyl halides is 3. The predicted octanol–water partition coefficient (Wildman–Crippen LogP) is 3.78. The molecule has 1 N–H and O–H groups in total. The van der Waals surface area contributed by atoms with Crippen molar-refractivity contribution in [3.63, 3.8) is 0 Å². The quantitative estimate of drug-likeness (QED) is 0.908. The maximum atomic E-state index is 12.5. The Morgan fingerprint density at radius 3 is 2.60 bits per heavy atom. The highest BCUT2D eigenvalue weighted by Crippen LogP contribution is 2.29. The Bertz CT molecular complexity index is 520. The fraction of sp³-hybridized carbons (Fsp3) is 0.357. The van der Waals surface area contributed by atoms with Crippen molar-refractivity contribution in [3.8, 4) is 0 Å². The first kappa shape index (κ1) is 14.6. The summed E-state index contributed by atoms with van der Waals surface area (Å²) in [5, 5.41) is 3.24. The molecule has 108 valence electrons. The van der Waals surface area contributed by atoms with Gasteiger partial charge in [-0.15, -0.1) is 0 Å². The lowest BCUT2D eigenvalue weighted by Gasteiger charge is -2.17. The van der Waals surface area contributed by atoms with Crippen molar-refractivity contribution in [1.29, 1.82) is 0 Å². The standard InChI is InChI=1S/C14H15F3N2O/c1-2-6-18-13(10-5-7-20-9-10)12-4-3-11(8-19-12)14(15,16)17/h3-5,7-9,13,18H,2,6H2,1H3. The second-order valence-corrected chi connectivity index (χ2v) is 4.41. The monoisotopic (exact) mass is 284 g/mol. The van der Waals surface area contributed by atoms with Crippen molar-refractivity contribution in [2.45, 2.75) is 25.6 Å². The molecule has 20 heavy (non-hydrogen) atoms. The largest absolute Gasteiger partial charge is 0.472 e. The van der Waals surface area contributed by atoms with E-state index in [-0.39, 0.29) is 6.04 Å². The number of hydrogen-bond acceptors (Lipinski definition) is 3. The number of rotatable bonds is 5. The zero-order valence-corrected chi connectivity index (χ0v) is 10.9. The number of furan rings is 1. The molecule has 0 amide bonds. The molecule has 0 saturated heterocycles. The Morgan fingerprint density at radius 1 is 1.30 bits per heavy atom. The molecular formula is C14H15F3N2O. The van der Waals surface area contributed by atoms with Gasteiger partial charge in [-0.2, -0.15) is 13.2 Å². The highest BCUT2D eigenvalue weighted by atomic mass is 19.4. The summed E-state index contributed by atoms with van der Waals surface area (Å²) in [5.41, 5.74) is 0.626. The third-order valence-electron chi connectivity index (χ3n) is 2.88. The molecule has 1 atom stereocenters. The molecule has 0 spiro atoms. The maximum absolute atomic E-state index is 12.5. The number of halogens is 3. The molecule has 0 aliphatic heterocycles. The molecule has 1 unspecified atom stereocenters. The Balaban J connectivity index is 2.25. The van der Waals surface area contributed by atoms with Crippen LogP contribution in [0.1, 0.15) is 36.2 Å². The van der Waals surface area contributed by atoms with Crippen LogP contribution in [0.15, 0.2) is 41.3 Å². The summed E-state index contributed by atoms with van der Waals surface area (Å²) in [6, 6.07) is 3.94. The van der Waals surface area contributed by atoms with E-state index < -0.39 is 11.7 Å². The van der Waals surface area contributed by atoms with E-state index in [9.17, 15) is 13.2 Å². The minimum Gasteiger partial charge on any atom is -0.472 e. The zero-order valence-electron chi connectivity index (χ0n) is 10.9. The maximum Gasteiger partial charge on any atom is 0.417 e. The first-order valence-corrected chi connectivity index (χ1v) is 6.31. The molecule has 0 aromatic carbocycles. The zero-order chi connectivity index (χ0) is 14.6. The molecule has 0 aliphatic rings. The number of nitrogens with zero attached hydrogens (tertiary/aromatic N) is 1. The molecule has 2 heterocycles. The summed E-state index contributed by atoms with van der Waals surface area (Å²) in [6.45, 7) is 2.75. The van der Waals surface area contributed by atoms with E-state index in [1.54, 1.807) is 12.3 Å². The summed E-state index contributed by atoms with van der Waals surface area (Å²) < 4.78 is 42.6. The van der Waals surface area contributed by atoms with Gasteiger partial charge in [0.25, 0.3) is 0 Å². The fourth-order valence-corrected chi connectivity index (χ4v) is 1.86.